The summed E-state index contributed by atoms with van der Waals surface area (Å²) in [5, 5.41) is 19.3. The average molecular weight is 429 g/mol. The first-order chi connectivity index (χ1) is 13.1. The quantitative estimate of drug-likeness (QED) is 0.550. The zero-order chi connectivity index (χ0) is 19.2. The van der Waals surface area contributed by atoms with Gasteiger partial charge < -0.3 is 9.30 Å². The number of halogens is 2. The Kier molecular flexibility index (Phi) is 6.58. The molecule has 142 valence electrons. The zero-order valence-corrected chi connectivity index (χ0v) is 16.4. The number of carbonyl (C=O) groups is 1. The number of rotatable bonds is 8. The fourth-order valence-electron chi connectivity index (χ4n) is 2.08. The van der Waals surface area contributed by atoms with Crippen molar-refractivity contribution in [2.45, 2.75) is 25.2 Å². The minimum atomic E-state index is -0.508. The molecule has 2 aromatic heterocycles. The summed E-state index contributed by atoms with van der Waals surface area (Å²) in [6.07, 6.45) is 0. The minimum absolute atomic E-state index is 0.0119. The van der Waals surface area contributed by atoms with Gasteiger partial charge in [0.1, 0.15) is 23.7 Å². The highest BCUT2D eigenvalue weighted by Crippen LogP contribution is 2.23. The van der Waals surface area contributed by atoms with Gasteiger partial charge in [-0.3, -0.25) is 10.1 Å². The molecule has 0 fully saturated rings. The van der Waals surface area contributed by atoms with Gasteiger partial charge in [0.15, 0.2) is 11.0 Å². The van der Waals surface area contributed by atoms with Crippen LogP contribution in [0.15, 0.2) is 28.9 Å². The van der Waals surface area contributed by atoms with Crippen LogP contribution in [0.3, 0.4) is 0 Å². The molecule has 0 aliphatic heterocycles. The molecule has 1 N–H and O–H groups in total. The van der Waals surface area contributed by atoms with Crippen LogP contribution in [0.25, 0.3) is 0 Å². The molecular weight excluding hydrogens is 415 g/mol. The summed E-state index contributed by atoms with van der Waals surface area (Å²) in [4.78, 5) is 11.9. The van der Waals surface area contributed by atoms with Gasteiger partial charge in [0, 0.05) is 12.6 Å². The molecule has 3 rings (SSSR count). The molecule has 27 heavy (non-hydrogen) atoms. The number of hydrogen-bond acceptors (Lipinski definition) is 8. The fourth-order valence-corrected chi connectivity index (χ4v) is 3.53. The average Bonchev–Trinajstić information content (AvgIpc) is 3.30. The predicted octanol–water partition coefficient (Wildman–Crippen LogP) is 3.25. The Morgan fingerprint density at radius 2 is 2.26 bits per heavy atom. The van der Waals surface area contributed by atoms with Crippen LogP contribution in [0.2, 0.25) is 5.02 Å². The van der Waals surface area contributed by atoms with Crippen molar-refractivity contribution in [2.24, 2.45) is 0 Å². The molecule has 8 nitrogen and oxygen atoms in total. The molecule has 2 heterocycles. The van der Waals surface area contributed by atoms with Crippen molar-refractivity contribution in [3.63, 3.8) is 0 Å². The van der Waals surface area contributed by atoms with E-state index < -0.39 is 5.82 Å². The monoisotopic (exact) mass is 428 g/mol. The van der Waals surface area contributed by atoms with Crippen molar-refractivity contribution in [1.82, 2.24) is 25.0 Å². The third kappa shape index (κ3) is 5.15. The maximum atomic E-state index is 13.2. The summed E-state index contributed by atoms with van der Waals surface area (Å²) < 4.78 is 20.6. The second kappa shape index (κ2) is 9.11. The minimum Gasteiger partial charge on any atom is -0.486 e. The number of anilines is 1. The summed E-state index contributed by atoms with van der Waals surface area (Å²) in [6.45, 7) is 2.68. The highest BCUT2D eigenvalue weighted by Gasteiger charge is 2.14. The van der Waals surface area contributed by atoms with Crippen molar-refractivity contribution in [2.75, 3.05) is 11.1 Å². The van der Waals surface area contributed by atoms with Crippen LogP contribution in [0.1, 0.15) is 12.7 Å². The van der Waals surface area contributed by atoms with Crippen molar-refractivity contribution >= 4 is 45.7 Å². The molecule has 0 saturated heterocycles. The number of hydrogen-bond donors (Lipinski definition) is 1. The highest BCUT2D eigenvalue weighted by molar-refractivity contribution is 7.99. The van der Waals surface area contributed by atoms with Gasteiger partial charge in [0.25, 0.3) is 0 Å². The Bertz CT molecular complexity index is 921. The Hall–Kier alpha value is -2.24. The Morgan fingerprint density at radius 1 is 1.41 bits per heavy atom. The molecule has 3 aromatic rings. The van der Waals surface area contributed by atoms with Gasteiger partial charge in [-0.15, -0.1) is 20.4 Å². The number of amides is 1. The first-order valence-electron chi connectivity index (χ1n) is 7.75. The molecule has 0 atom stereocenters. The van der Waals surface area contributed by atoms with Gasteiger partial charge >= 0.3 is 0 Å². The zero-order valence-electron chi connectivity index (χ0n) is 14.1. The lowest BCUT2D eigenvalue weighted by Gasteiger charge is -2.09. The predicted molar refractivity (Wildman–Crippen MR) is 101 cm³/mol. The van der Waals surface area contributed by atoms with E-state index in [1.807, 2.05) is 11.5 Å². The van der Waals surface area contributed by atoms with E-state index in [-0.39, 0.29) is 23.3 Å². The van der Waals surface area contributed by atoms with Crippen LogP contribution >= 0.6 is 34.7 Å². The summed E-state index contributed by atoms with van der Waals surface area (Å²) in [5.41, 5.74) is 1.54. The molecule has 0 saturated carbocycles. The normalized spacial score (nSPS) is 10.8. The van der Waals surface area contributed by atoms with E-state index in [2.05, 4.69) is 25.7 Å². The third-order valence-electron chi connectivity index (χ3n) is 3.31. The Morgan fingerprint density at radius 3 is 2.96 bits per heavy atom. The Labute approximate surface area is 167 Å². The third-order valence-corrected chi connectivity index (χ3v) is 5.17. The van der Waals surface area contributed by atoms with Gasteiger partial charge in [-0.2, -0.15) is 0 Å². The largest absolute Gasteiger partial charge is 0.486 e. The van der Waals surface area contributed by atoms with Gasteiger partial charge in [-0.1, -0.05) is 34.7 Å². The molecule has 0 bridgehead atoms. The SMILES string of the molecule is CCn1c(COc2ccc(F)c(Cl)c2)nnc1SCC(=O)Nc1nncs1. The van der Waals surface area contributed by atoms with E-state index in [0.717, 1.165) is 0 Å². The summed E-state index contributed by atoms with van der Waals surface area (Å²) in [7, 11) is 0. The maximum absolute atomic E-state index is 13.2. The number of ether oxygens (including phenoxy) is 1. The second-order valence-electron chi connectivity index (χ2n) is 5.09. The lowest BCUT2D eigenvalue weighted by Crippen LogP contribution is -2.14. The van der Waals surface area contributed by atoms with E-state index >= 15 is 0 Å². The molecule has 1 aromatic carbocycles. The number of aromatic nitrogens is 5. The van der Waals surface area contributed by atoms with E-state index in [0.29, 0.717) is 28.4 Å². The fraction of sp³-hybridized carbons (Fsp3) is 0.267. The second-order valence-corrected chi connectivity index (χ2v) is 7.27. The van der Waals surface area contributed by atoms with E-state index in [1.54, 1.807) is 0 Å². The smallest absolute Gasteiger partial charge is 0.236 e. The summed E-state index contributed by atoms with van der Waals surface area (Å²) in [5.74, 6) is 0.460. The van der Waals surface area contributed by atoms with Crippen LogP contribution in [-0.2, 0) is 17.9 Å². The molecular formula is C15H14ClFN6O2S2. The number of nitrogens with zero attached hydrogens (tertiary/aromatic N) is 5. The number of nitrogens with one attached hydrogen (secondary N) is 1. The van der Waals surface area contributed by atoms with Crippen LogP contribution in [-0.4, -0.2) is 36.6 Å². The maximum Gasteiger partial charge on any atom is 0.236 e. The van der Waals surface area contributed by atoms with Crippen LogP contribution < -0.4 is 10.1 Å². The number of carbonyl (C=O) groups excluding carboxylic acids is 1. The summed E-state index contributed by atoms with van der Waals surface area (Å²) in [6, 6.07) is 4.12. The molecule has 1 amide bonds. The molecule has 0 unspecified atom stereocenters. The van der Waals surface area contributed by atoms with Crippen LogP contribution in [0.5, 0.6) is 5.75 Å². The summed E-state index contributed by atoms with van der Waals surface area (Å²) >= 11 is 8.24. The molecule has 0 radical (unpaired) electrons. The topological polar surface area (TPSA) is 94.8 Å². The van der Waals surface area contributed by atoms with Crippen molar-refractivity contribution in [1.29, 1.82) is 0 Å². The van der Waals surface area contributed by atoms with Gasteiger partial charge in [-0.25, -0.2) is 4.39 Å². The first kappa shape index (κ1) is 19.5. The van der Waals surface area contributed by atoms with E-state index in [9.17, 15) is 9.18 Å². The first-order valence-corrected chi connectivity index (χ1v) is 10.00. The van der Waals surface area contributed by atoms with Crippen LogP contribution in [0.4, 0.5) is 9.52 Å². The van der Waals surface area contributed by atoms with Crippen LogP contribution in [0, 0.1) is 5.82 Å². The van der Waals surface area contributed by atoms with Gasteiger partial charge in [0.2, 0.25) is 11.0 Å². The van der Waals surface area contributed by atoms with E-state index in [4.69, 9.17) is 16.3 Å². The van der Waals surface area contributed by atoms with Crippen molar-refractivity contribution in [3.8, 4) is 5.75 Å². The van der Waals surface area contributed by atoms with E-state index in [1.165, 1.54) is 46.8 Å². The lowest BCUT2D eigenvalue weighted by molar-refractivity contribution is -0.113. The molecule has 0 aliphatic rings. The molecule has 0 aliphatic carbocycles. The number of thioether (sulfide) groups is 1. The molecule has 12 heteroatoms. The van der Waals surface area contributed by atoms with Crippen molar-refractivity contribution in [3.05, 3.63) is 40.4 Å². The molecule has 0 spiro atoms. The van der Waals surface area contributed by atoms with Gasteiger partial charge in [0.05, 0.1) is 10.8 Å². The lowest BCUT2D eigenvalue weighted by atomic mass is 10.3. The van der Waals surface area contributed by atoms with Gasteiger partial charge in [-0.05, 0) is 19.1 Å². The number of benzene rings is 1. The Balaban J connectivity index is 1.58. The highest BCUT2D eigenvalue weighted by atomic mass is 35.5. The van der Waals surface area contributed by atoms with Crippen molar-refractivity contribution < 1.29 is 13.9 Å². The standard InChI is InChI=1S/C15H14ClFN6O2S2/c1-2-23-12(6-25-9-3-4-11(17)10(16)5-9)20-22-15(23)26-7-13(24)19-14-21-18-8-27-14/h3-5,8H,2,6-7H2,1H3,(H,19,21,24).